The van der Waals surface area contributed by atoms with Crippen LogP contribution in [0.4, 0.5) is 5.69 Å². The molecule has 1 atom stereocenters. The minimum Gasteiger partial charge on any atom is -0.376 e. The Morgan fingerprint density at radius 2 is 1.79 bits per heavy atom. The molecule has 24 heavy (non-hydrogen) atoms. The number of anilines is 1. The molecule has 2 amide bonds. The largest absolute Gasteiger partial charge is 0.376 e. The van der Waals surface area contributed by atoms with Crippen molar-refractivity contribution in [1.29, 1.82) is 0 Å². The molecule has 1 heterocycles. The Hall–Kier alpha value is -2.34. The van der Waals surface area contributed by atoms with Crippen LogP contribution in [0.25, 0.3) is 0 Å². The van der Waals surface area contributed by atoms with Gasteiger partial charge in [-0.05, 0) is 44.4 Å². The molecule has 1 aromatic heterocycles. The van der Waals surface area contributed by atoms with Crippen LogP contribution in [0, 0.1) is 0 Å². The van der Waals surface area contributed by atoms with Crippen LogP contribution in [0.15, 0.2) is 41.8 Å². The van der Waals surface area contributed by atoms with Gasteiger partial charge in [0.25, 0.3) is 5.91 Å². The van der Waals surface area contributed by atoms with Gasteiger partial charge >= 0.3 is 0 Å². The first kappa shape index (κ1) is 18.0. The molecule has 1 aromatic carbocycles. The Balaban J connectivity index is 1.94. The van der Waals surface area contributed by atoms with Crippen molar-refractivity contribution in [1.82, 2.24) is 10.6 Å². The summed E-state index contributed by atoms with van der Waals surface area (Å²) in [6, 6.07) is 11.2. The van der Waals surface area contributed by atoms with Gasteiger partial charge in [0.1, 0.15) is 0 Å². The number of hydrogen-bond donors (Lipinski definition) is 3. The SMILES string of the molecule is CC(C)NC(=O)c1ccccc1NCC(=O)NC(C)c1cccs1. The van der Waals surface area contributed by atoms with Gasteiger partial charge in [-0.15, -0.1) is 11.3 Å². The van der Waals surface area contributed by atoms with Gasteiger partial charge in [-0.25, -0.2) is 0 Å². The molecular weight excluding hydrogens is 322 g/mol. The van der Waals surface area contributed by atoms with Crippen LogP contribution in [0.3, 0.4) is 0 Å². The van der Waals surface area contributed by atoms with Crippen LogP contribution in [0.1, 0.15) is 42.0 Å². The van der Waals surface area contributed by atoms with Crippen molar-refractivity contribution in [2.24, 2.45) is 0 Å². The summed E-state index contributed by atoms with van der Waals surface area (Å²) < 4.78 is 0. The van der Waals surface area contributed by atoms with Gasteiger partial charge in [0, 0.05) is 16.6 Å². The molecule has 0 saturated heterocycles. The molecular formula is C18H23N3O2S. The van der Waals surface area contributed by atoms with Crippen LogP contribution >= 0.6 is 11.3 Å². The molecule has 0 aliphatic rings. The van der Waals surface area contributed by atoms with Crippen LogP contribution in [-0.4, -0.2) is 24.4 Å². The lowest BCUT2D eigenvalue weighted by Gasteiger charge is -2.15. The van der Waals surface area contributed by atoms with Gasteiger partial charge in [0.15, 0.2) is 0 Å². The number of benzene rings is 1. The van der Waals surface area contributed by atoms with Gasteiger partial charge < -0.3 is 16.0 Å². The summed E-state index contributed by atoms with van der Waals surface area (Å²) >= 11 is 1.61. The first-order valence-electron chi connectivity index (χ1n) is 7.94. The fourth-order valence-corrected chi connectivity index (χ4v) is 2.99. The molecule has 1 unspecified atom stereocenters. The highest BCUT2D eigenvalue weighted by molar-refractivity contribution is 7.10. The van der Waals surface area contributed by atoms with Crippen molar-refractivity contribution in [3.63, 3.8) is 0 Å². The normalized spacial score (nSPS) is 11.8. The van der Waals surface area contributed by atoms with E-state index in [-0.39, 0.29) is 30.4 Å². The van der Waals surface area contributed by atoms with Crippen molar-refractivity contribution in [3.8, 4) is 0 Å². The molecule has 0 radical (unpaired) electrons. The molecule has 0 bridgehead atoms. The molecule has 128 valence electrons. The average Bonchev–Trinajstić information content (AvgIpc) is 3.07. The number of carbonyl (C=O) groups excluding carboxylic acids is 2. The second-order valence-corrected chi connectivity index (χ2v) is 6.81. The van der Waals surface area contributed by atoms with E-state index in [1.807, 2.05) is 44.4 Å². The summed E-state index contributed by atoms with van der Waals surface area (Å²) in [7, 11) is 0. The monoisotopic (exact) mass is 345 g/mol. The second kappa shape index (κ2) is 8.49. The van der Waals surface area contributed by atoms with E-state index >= 15 is 0 Å². The van der Waals surface area contributed by atoms with E-state index in [1.165, 1.54) is 0 Å². The molecule has 0 aliphatic carbocycles. The van der Waals surface area contributed by atoms with Gasteiger partial charge in [-0.1, -0.05) is 18.2 Å². The highest BCUT2D eigenvalue weighted by Crippen LogP contribution is 2.18. The molecule has 3 N–H and O–H groups in total. The van der Waals surface area contributed by atoms with Crippen LogP contribution in [0.2, 0.25) is 0 Å². The minimum absolute atomic E-state index is 0.0289. The number of hydrogen-bond acceptors (Lipinski definition) is 4. The third-order valence-electron chi connectivity index (χ3n) is 3.38. The average molecular weight is 345 g/mol. The van der Waals surface area contributed by atoms with E-state index in [1.54, 1.807) is 29.5 Å². The number of carbonyl (C=O) groups is 2. The first-order valence-corrected chi connectivity index (χ1v) is 8.82. The molecule has 0 spiro atoms. The summed E-state index contributed by atoms with van der Waals surface area (Å²) in [5, 5.41) is 10.8. The number of nitrogens with one attached hydrogen (secondary N) is 3. The lowest BCUT2D eigenvalue weighted by molar-refractivity contribution is -0.120. The number of amides is 2. The maximum absolute atomic E-state index is 12.2. The lowest BCUT2D eigenvalue weighted by Crippen LogP contribution is -2.33. The molecule has 5 nitrogen and oxygen atoms in total. The summed E-state index contributed by atoms with van der Waals surface area (Å²) in [4.78, 5) is 25.4. The van der Waals surface area contributed by atoms with E-state index in [9.17, 15) is 9.59 Å². The topological polar surface area (TPSA) is 70.2 Å². The maximum Gasteiger partial charge on any atom is 0.253 e. The van der Waals surface area contributed by atoms with Crippen molar-refractivity contribution >= 4 is 28.8 Å². The summed E-state index contributed by atoms with van der Waals surface area (Å²) in [5.74, 6) is -0.268. The third kappa shape index (κ3) is 5.09. The van der Waals surface area contributed by atoms with E-state index in [2.05, 4.69) is 16.0 Å². The molecule has 0 saturated carbocycles. The Labute approximate surface area is 146 Å². The van der Waals surface area contributed by atoms with Crippen LogP contribution in [0.5, 0.6) is 0 Å². The zero-order valence-electron chi connectivity index (χ0n) is 14.1. The first-order chi connectivity index (χ1) is 11.5. The second-order valence-electron chi connectivity index (χ2n) is 5.83. The lowest BCUT2D eigenvalue weighted by atomic mass is 10.1. The van der Waals surface area contributed by atoms with Gasteiger partial charge in [0.05, 0.1) is 18.2 Å². The highest BCUT2D eigenvalue weighted by atomic mass is 32.1. The van der Waals surface area contributed by atoms with Crippen LogP contribution < -0.4 is 16.0 Å². The van der Waals surface area contributed by atoms with E-state index in [0.29, 0.717) is 11.3 Å². The number of thiophene rings is 1. The zero-order valence-corrected chi connectivity index (χ0v) is 14.9. The fourth-order valence-electron chi connectivity index (χ4n) is 2.25. The van der Waals surface area contributed by atoms with Crippen molar-refractivity contribution in [2.45, 2.75) is 32.9 Å². The van der Waals surface area contributed by atoms with Gasteiger partial charge in [0.2, 0.25) is 5.91 Å². The van der Waals surface area contributed by atoms with E-state index in [0.717, 1.165) is 4.88 Å². The van der Waals surface area contributed by atoms with E-state index < -0.39 is 0 Å². The zero-order chi connectivity index (χ0) is 17.5. The summed E-state index contributed by atoms with van der Waals surface area (Å²) in [6.07, 6.45) is 0. The Kier molecular flexibility index (Phi) is 6.37. The Morgan fingerprint density at radius 3 is 2.46 bits per heavy atom. The quantitative estimate of drug-likeness (QED) is 0.722. The summed E-state index contributed by atoms with van der Waals surface area (Å²) in [5.41, 5.74) is 1.18. The smallest absolute Gasteiger partial charge is 0.253 e. The van der Waals surface area contributed by atoms with Crippen LogP contribution in [-0.2, 0) is 4.79 Å². The number of rotatable bonds is 7. The maximum atomic E-state index is 12.2. The molecule has 0 aliphatic heterocycles. The Bertz CT molecular complexity index is 683. The van der Waals surface area contributed by atoms with Crippen molar-refractivity contribution < 1.29 is 9.59 Å². The van der Waals surface area contributed by atoms with Gasteiger partial charge in [-0.2, -0.15) is 0 Å². The van der Waals surface area contributed by atoms with E-state index in [4.69, 9.17) is 0 Å². The fraction of sp³-hybridized carbons (Fsp3) is 0.333. The molecule has 2 aromatic rings. The predicted octanol–water partition coefficient (Wildman–Crippen LogP) is 3.18. The number of para-hydroxylation sites is 1. The molecule has 0 fully saturated rings. The minimum atomic E-state index is -0.152. The predicted molar refractivity (Wildman–Crippen MR) is 98.4 cm³/mol. The Morgan fingerprint density at radius 1 is 1.04 bits per heavy atom. The molecule has 6 heteroatoms. The van der Waals surface area contributed by atoms with Gasteiger partial charge in [-0.3, -0.25) is 9.59 Å². The highest BCUT2D eigenvalue weighted by Gasteiger charge is 2.14. The van der Waals surface area contributed by atoms with Crippen molar-refractivity contribution in [3.05, 3.63) is 52.2 Å². The molecule has 2 rings (SSSR count). The standard InChI is InChI=1S/C18H23N3O2S/c1-12(2)20-18(23)14-7-4-5-8-15(14)19-11-17(22)21-13(3)16-9-6-10-24-16/h4-10,12-13,19H,11H2,1-3H3,(H,20,23)(H,21,22). The summed E-state index contributed by atoms with van der Waals surface area (Å²) in [6.45, 7) is 5.89. The third-order valence-corrected chi connectivity index (χ3v) is 4.43. The van der Waals surface area contributed by atoms with Crippen molar-refractivity contribution in [2.75, 3.05) is 11.9 Å².